The highest BCUT2D eigenvalue weighted by Crippen LogP contribution is 2.28. The summed E-state index contributed by atoms with van der Waals surface area (Å²) >= 11 is 6.14. The summed E-state index contributed by atoms with van der Waals surface area (Å²) in [6, 6.07) is 7.28. The van der Waals surface area contributed by atoms with Gasteiger partial charge in [0, 0.05) is 23.7 Å². The summed E-state index contributed by atoms with van der Waals surface area (Å²) in [5.74, 6) is 1.14. The third-order valence-corrected chi connectivity index (χ3v) is 4.31. The summed E-state index contributed by atoms with van der Waals surface area (Å²) in [6.45, 7) is 6.01. The van der Waals surface area contributed by atoms with Gasteiger partial charge >= 0.3 is 0 Å². The first-order chi connectivity index (χ1) is 9.90. The molecule has 1 aliphatic heterocycles. The van der Waals surface area contributed by atoms with Crippen molar-refractivity contribution in [1.29, 1.82) is 0 Å². The average Bonchev–Trinajstić information content (AvgIpc) is 2.45. The molecule has 124 valence electrons. The highest BCUT2D eigenvalue weighted by Gasteiger charge is 2.26. The minimum atomic E-state index is -1.12. The zero-order valence-electron chi connectivity index (χ0n) is 13.1. The number of halogens is 2. The maximum absolute atomic E-state index is 10.6. The Labute approximate surface area is 154 Å². The van der Waals surface area contributed by atoms with Crippen LogP contribution in [0.25, 0.3) is 0 Å². The van der Waals surface area contributed by atoms with Gasteiger partial charge in [0.2, 0.25) is 0 Å². The SMILES string of the molecule is CC1CCCN(C(N)=NCC(C)(O)c2ccccc2Cl)C1.I. The molecule has 1 aromatic rings. The van der Waals surface area contributed by atoms with E-state index in [-0.39, 0.29) is 30.5 Å². The third kappa shape index (κ3) is 4.99. The molecule has 1 saturated heterocycles. The molecule has 1 aliphatic rings. The fourth-order valence-corrected chi connectivity index (χ4v) is 3.05. The second-order valence-electron chi connectivity index (χ2n) is 6.12. The van der Waals surface area contributed by atoms with E-state index in [0.29, 0.717) is 22.5 Å². The first kappa shape index (κ1) is 19.5. The van der Waals surface area contributed by atoms with E-state index >= 15 is 0 Å². The number of aliphatic imine (C=N–C) groups is 1. The Kier molecular flexibility index (Phi) is 7.41. The molecule has 0 aromatic heterocycles. The van der Waals surface area contributed by atoms with Crippen LogP contribution >= 0.6 is 35.6 Å². The molecule has 0 spiro atoms. The van der Waals surface area contributed by atoms with Gasteiger partial charge in [-0.3, -0.25) is 0 Å². The molecule has 2 atom stereocenters. The van der Waals surface area contributed by atoms with Crippen LogP contribution in [0.1, 0.15) is 32.3 Å². The largest absolute Gasteiger partial charge is 0.383 e. The van der Waals surface area contributed by atoms with Crippen LogP contribution in [0.4, 0.5) is 0 Å². The van der Waals surface area contributed by atoms with Gasteiger partial charge in [0.15, 0.2) is 5.96 Å². The van der Waals surface area contributed by atoms with Gasteiger partial charge in [-0.1, -0.05) is 36.7 Å². The standard InChI is InChI=1S/C16H24ClN3O.HI/c1-12-6-5-9-20(10-12)15(18)19-11-16(2,21)13-7-3-4-8-14(13)17;/h3-4,7-8,12,21H,5-6,9-11H2,1-2H3,(H2,18,19);1H. The second kappa shape index (κ2) is 8.36. The Bertz CT molecular complexity index is 522. The van der Waals surface area contributed by atoms with Crippen molar-refractivity contribution < 1.29 is 5.11 Å². The topological polar surface area (TPSA) is 61.8 Å². The van der Waals surface area contributed by atoms with Crippen molar-refractivity contribution in [3.05, 3.63) is 34.9 Å². The van der Waals surface area contributed by atoms with Crippen LogP contribution in [0.2, 0.25) is 5.02 Å². The van der Waals surface area contributed by atoms with Crippen LogP contribution in [0.15, 0.2) is 29.3 Å². The quantitative estimate of drug-likeness (QED) is 0.434. The minimum Gasteiger partial charge on any atom is -0.383 e. The van der Waals surface area contributed by atoms with Crippen molar-refractivity contribution in [3.8, 4) is 0 Å². The predicted molar refractivity (Wildman–Crippen MR) is 103 cm³/mol. The Morgan fingerprint density at radius 1 is 1.50 bits per heavy atom. The van der Waals surface area contributed by atoms with E-state index in [1.807, 2.05) is 18.2 Å². The van der Waals surface area contributed by atoms with Gasteiger partial charge in [0.25, 0.3) is 0 Å². The van der Waals surface area contributed by atoms with Crippen molar-refractivity contribution in [2.75, 3.05) is 19.6 Å². The fraction of sp³-hybridized carbons (Fsp3) is 0.562. The van der Waals surface area contributed by atoms with Crippen LogP contribution in [-0.2, 0) is 5.60 Å². The molecule has 22 heavy (non-hydrogen) atoms. The summed E-state index contributed by atoms with van der Waals surface area (Å²) in [7, 11) is 0. The van der Waals surface area contributed by atoms with Crippen LogP contribution in [-0.4, -0.2) is 35.6 Å². The summed E-state index contributed by atoms with van der Waals surface area (Å²) in [5.41, 5.74) is 5.62. The number of aliphatic hydroxyl groups is 1. The first-order valence-corrected chi connectivity index (χ1v) is 7.80. The van der Waals surface area contributed by atoms with E-state index in [9.17, 15) is 5.11 Å². The van der Waals surface area contributed by atoms with Gasteiger partial charge in [-0.25, -0.2) is 4.99 Å². The van der Waals surface area contributed by atoms with Gasteiger partial charge in [-0.05, 0) is 31.7 Å². The number of nitrogens with zero attached hydrogens (tertiary/aromatic N) is 2. The lowest BCUT2D eigenvalue weighted by Gasteiger charge is -2.32. The molecule has 4 nitrogen and oxygen atoms in total. The molecule has 3 N–H and O–H groups in total. The molecule has 1 aromatic carbocycles. The molecule has 0 bridgehead atoms. The highest BCUT2D eigenvalue weighted by atomic mass is 127. The zero-order valence-corrected chi connectivity index (χ0v) is 16.2. The lowest BCUT2D eigenvalue weighted by molar-refractivity contribution is 0.0670. The predicted octanol–water partition coefficient (Wildman–Crippen LogP) is 3.21. The molecule has 0 radical (unpaired) electrons. The molecule has 2 rings (SSSR count). The van der Waals surface area contributed by atoms with E-state index in [1.165, 1.54) is 6.42 Å². The number of benzene rings is 1. The molecule has 6 heteroatoms. The number of likely N-dealkylation sites (tertiary alicyclic amines) is 1. The summed E-state index contributed by atoms with van der Waals surface area (Å²) in [6.07, 6.45) is 2.37. The third-order valence-electron chi connectivity index (χ3n) is 3.98. The monoisotopic (exact) mass is 437 g/mol. The van der Waals surface area contributed by atoms with E-state index in [2.05, 4.69) is 16.8 Å². The fourth-order valence-electron chi connectivity index (χ4n) is 2.72. The van der Waals surface area contributed by atoms with E-state index in [0.717, 1.165) is 19.5 Å². The number of hydrogen-bond acceptors (Lipinski definition) is 2. The van der Waals surface area contributed by atoms with Crippen LogP contribution in [0, 0.1) is 5.92 Å². The molecule has 0 aliphatic carbocycles. The molecule has 1 heterocycles. The molecular weight excluding hydrogens is 413 g/mol. The highest BCUT2D eigenvalue weighted by molar-refractivity contribution is 14.0. The molecule has 2 unspecified atom stereocenters. The van der Waals surface area contributed by atoms with Gasteiger partial charge in [-0.2, -0.15) is 0 Å². The zero-order chi connectivity index (χ0) is 15.5. The molecular formula is C16H25ClIN3O. The van der Waals surface area contributed by atoms with Crippen molar-refractivity contribution >= 4 is 41.5 Å². The van der Waals surface area contributed by atoms with Crippen LogP contribution < -0.4 is 5.73 Å². The van der Waals surface area contributed by atoms with E-state index < -0.39 is 5.60 Å². The van der Waals surface area contributed by atoms with Crippen molar-refractivity contribution in [1.82, 2.24) is 4.90 Å². The van der Waals surface area contributed by atoms with Crippen molar-refractivity contribution in [2.45, 2.75) is 32.3 Å². The first-order valence-electron chi connectivity index (χ1n) is 7.42. The number of hydrogen-bond donors (Lipinski definition) is 2. The Morgan fingerprint density at radius 2 is 2.18 bits per heavy atom. The minimum absolute atomic E-state index is 0. The van der Waals surface area contributed by atoms with Gasteiger partial charge < -0.3 is 15.7 Å². The van der Waals surface area contributed by atoms with Gasteiger partial charge in [0.1, 0.15) is 5.60 Å². The maximum atomic E-state index is 10.6. The summed E-state index contributed by atoms with van der Waals surface area (Å²) < 4.78 is 0. The normalized spacial score (nSPS) is 21.9. The van der Waals surface area contributed by atoms with Crippen LogP contribution in [0.5, 0.6) is 0 Å². The number of guanidine groups is 1. The maximum Gasteiger partial charge on any atom is 0.191 e. The second-order valence-corrected chi connectivity index (χ2v) is 6.53. The summed E-state index contributed by atoms with van der Waals surface area (Å²) in [5, 5.41) is 11.1. The Hall–Kier alpha value is -0.530. The van der Waals surface area contributed by atoms with E-state index in [1.54, 1.807) is 13.0 Å². The van der Waals surface area contributed by atoms with E-state index in [4.69, 9.17) is 17.3 Å². The molecule has 0 amide bonds. The van der Waals surface area contributed by atoms with Crippen molar-refractivity contribution in [3.63, 3.8) is 0 Å². The smallest absolute Gasteiger partial charge is 0.191 e. The number of nitrogens with two attached hydrogens (primary N) is 1. The average molecular weight is 438 g/mol. The van der Waals surface area contributed by atoms with Gasteiger partial charge in [-0.15, -0.1) is 24.0 Å². The van der Waals surface area contributed by atoms with Crippen molar-refractivity contribution in [2.24, 2.45) is 16.6 Å². The number of piperidine rings is 1. The lowest BCUT2D eigenvalue weighted by Crippen LogP contribution is -2.44. The summed E-state index contributed by atoms with van der Waals surface area (Å²) in [4.78, 5) is 6.48. The van der Waals surface area contributed by atoms with Gasteiger partial charge in [0.05, 0.1) is 6.54 Å². The lowest BCUT2D eigenvalue weighted by atomic mass is 9.96. The Balaban J connectivity index is 0.00000242. The Morgan fingerprint density at radius 3 is 2.82 bits per heavy atom. The number of rotatable bonds is 3. The van der Waals surface area contributed by atoms with Crippen LogP contribution in [0.3, 0.4) is 0 Å². The molecule has 0 saturated carbocycles. The molecule has 1 fully saturated rings.